The molecule has 0 amide bonds. The molecule has 8 nitrogen and oxygen atoms in total. The predicted octanol–water partition coefficient (Wildman–Crippen LogP) is 3.44. The van der Waals surface area contributed by atoms with E-state index in [1.54, 1.807) is 12.4 Å². The van der Waals surface area contributed by atoms with E-state index in [1.165, 1.54) is 5.56 Å². The molecule has 0 radical (unpaired) electrons. The lowest BCUT2D eigenvalue weighted by atomic mass is 9.86. The van der Waals surface area contributed by atoms with E-state index in [-0.39, 0.29) is 0 Å². The fourth-order valence-corrected chi connectivity index (χ4v) is 4.35. The van der Waals surface area contributed by atoms with Gasteiger partial charge in [-0.25, -0.2) is 19.9 Å². The Morgan fingerprint density at radius 2 is 2.11 bits per heavy atom. The maximum Gasteiger partial charge on any atom is 0.180 e. The van der Waals surface area contributed by atoms with E-state index in [0.717, 1.165) is 41.1 Å². The molecule has 5 rings (SSSR count). The molecule has 1 aliphatic heterocycles. The summed E-state index contributed by atoms with van der Waals surface area (Å²) in [4.78, 5) is 20.4. The highest BCUT2D eigenvalue weighted by atomic mass is 79.9. The monoisotopic (exact) mass is 438 g/mol. The van der Waals surface area contributed by atoms with E-state index < -0.39 is 0 Å². The molecule has 0 aromatic carbocycles. The largest absolute Gasteiger partial charge is 0.353 e. The number of anilines is 1. The summed E-state index contributed by atoms with van der Waals surface area (Å²) in [5.74, 6) is 2.03. The first-order chi connectivity index (χ1) is 13.7. The molecule has 0 spiro atoms. The minimum atomic E-state index is 0.328. The van der Waals surface area contributed by atoms with E-state index in [0.29, 0.717) is 17.8 Å². The maximum absolute atomic E-state index is 4.88. The van der Waals surface area contributed by atoms with Crippen molar-refractivity contribution in [3.8, 4) is 11.5 Å². The van der Waals surface area contributed by atoms with Gasteiger partial charge in [0.15, 0.2) is 11.5 Å². The zero-order chi connectivity index (χ0) is 19.1. The molecule has 0 aliphatic carbocycles. The summed E-state index contributed by atoms with van der Waals surface area (Å²) in [7, 11) is 0. The molecule has 0 saturated carbocycles. The van der Waals surface area contributed by atoms with E-state index in [9.17, 15) is 0 Å². The molecule has 1 N–H and O–H groups in total. The van der Waals surface area contributed by atoms with Crippen molar-refractivity contribution >= 4 is 27.4 Å². The van der Waals surface area contributed by atoms with Crippen molar-refractivity contribution in [1.29, 1.82) is 0 Å². The third-order valence-electron chi connectivity index (χ3n) is 5.46. The number of nitrogens with one attached hydrogen (secondary N) is 1. The number of H-pyrrole nitrogens is 1. The fourth-order valence-electron chi connectivity index (χ4n) is 4.04. The summed E-state index contributed by atoms with van der Waals surface area (Å²) in [6, 6.07) is 2.31. The summed E-state index contributed by atoms with van der Waals surface area (Å²) >= 11 is 3.42. The average Bonchev–Trinajstić information content (AvgIpc) is 3.38. The Hall–Kier alpha value is -2.81. The van der Waals surface area contributed by atoms with Crippen LogP contribution in [0.25, 0.3) is 17.2 Å². The summed E-state index contributed by atoms with van der Waals surface area (Å²) in [6.45, 7) is 3.24. The number of rotatable bonds is 3. The summed E-state index contributed by atoms with van der Waals surface area (Å²) in [5.41, 5.74) is 2.86. The van der Waals surface area contributed by atoms with Crippen LogP contribution >= 0.6 is 15.9 Å². The van der Waals surface area contributed by atoms with Gasteiger partial charge < -0.3 is 4.90 Å². The number of aromatic amines is 1. The van der Waals surface area contributed by atoms with Gasteiger partial charge in [-0.1, -0.05) is 0 Å². The molecule has 1 fully saturated rings. The number of fused-ring (bicyclic) bond motifs is 1. The molecular weight excluding hydrogens is 420 g/mol. The minimum Gasteiger partial charge on any atom is -0.353 e. The molecule has 0 bridgehead atoms. The molecule has 4 aromatic rings. The number of aromatic nitrogens is 7. The molecule has 1 aliphatic rings. The number of halogens is 1. The Balaban J connectivity index is 1.51. The highest BCUT2D eigenvalue weighted by Crippen LogP contribution is 2.34. The van der Waals surface area contributed by atoms with Crippen molar-refractivity contribution in [3.05, 3.63) is 53.4 Å². The highest BCUT2D eigenvalue weighted by molar-refractivity contribution is 9.10. The van der Waals surface area contributed by atoms with Crippen LogP contribution < -0.4 is 4.90 Å². The van der Waals surface area contributed by atoms with Crippen LogP contribution in [0.4, 0.5) is 5.82 Å². The number of piperidine rings is 1. The second-order valence-corrected chi connectivity index (χ2v) is 7.85. The van der Waals surface area contributed by atoms with E-state index in [2.05, 4.69) is 52.9 Å². The Morgan fingerprint density at radius 1 is 1.18 bits per heavy atom. The van der Waals surface area contributed by atoms with Gasteiger partial charge >= 0.3 is 0 Å². The van der Waals surface area contributed by atoms with Crippen molar-refractivity contribution in [1.82, 2.24) is 34.5 Å². The van der Waals surface area contributed by atoms with Crippen LogP contribution in [-0.4, -0.2) is 47.1 Å². The zero-order valence-corrected chi connectivity index (χ0v) is 16.9. The molecule has 5 heterocycles. The van der Waals surface area contributed by atoms with Crippen LogP contribution in [0, 0.1) is 0 Å². The van der Waals surface area contributed by atoms with Gasteiger partial charge in [-0.05, 0) is 47.3 Å². The van der Waals surface area contributed by atoms with Crippen molar-refractivity contribution in [2.45, 2.75) is 31.7 Å². The van der Waals surface area contributed by atoms with Crippen LogP contribution in [0.15, 0.2) is 47.9 Å². The Kier molecular flexibility index (Phi) is 4.31. The van der Waals surface area contributed by atoms with Crippen LogP contribution in [0.3, 0.4) is 0 Å². The van der Waals surface area contributed by atoms with Crippen molar-refractivity contribution < 1.29 is 0 Å². The molecule has 4 aromatic heterocycles. The molecule has 2 unspecified atom stereocenters. The minimum absolute atomic E-state index is 0.328. The van der Waals surface area contributed by atoms with Gasteiger partial charge in [0, 0.05) is 37.1 Å². The summed E-state index contributed by atoms with van der Waals surface area (Å²) in [6.07, 6.45) is 13.4. The first-order valence-electron chi connectivity index (χ1n) is 9.28. The fraction of sp³-hybridized carbons (Fsp3) is 0.316. The van der Waals surface area contributed by atoms with Gasteiger partial charge in [-0.15, -0.1) is 0 Å². The van der Waals surface area contributed by atoms with Crippen LogP contribution in [0.5, 0.6) is 0 Å². The second-order valence-electron chi connectivity index (χ2n) is 7.03. The maximum atomic E-state index is 4.88. The van der Waals surface area contributed by atoms with Gasteiger partial charge in [0.25, 0.3) is 0 Å². The third-order valence-corrected chi connectivity index (χ3v) is 5.87. The topological polar surface area (TPSA) is 87.9 Å². The van der Waals surface area contributed by atoms with Gasteiger partial charge in [0.1, 0.15) is 16.1 Å². The van der Waals surface area contributed by atoms with Gasteiger partial charge in [-0.2, -0.15) is 5.10 Å². The van der Waals surface area contributed by atoms with E-state index in [4.69, 9.17) is 4.98 Å². The van der Waals surface area contributed by atoms with Crippen LogP contribution in [-0.2, 0) is 0 Å². The number of imidazole rings is 1. The van der Waals surface area contributed by atoms with Crippen molar-refractivity contribution in [3.63, 3.8) is 0 Å². The Labute approximate surface area is 170 Å². The molecule has 9 heteroatoms. The molecule has 142 valence electrons. The smallest absolute Gasteiger partial charge is 0.180 e. The predicted molar refractivity (Wildman–Crippen MR) is 109 cm³/mol. The molecule has 28 heavy (non-hydrogen) atoms. The van der Waals surface area contributed by atoms with Crippen LogP contribution in [0.2, 0.25) is 0 Å². The number of hydrogen-bond acceptors (Lipinski definition) is 6. The molecule has 1 saturated heterocycles. The first-order valence-corrected chi connectivity index (χ1v) is 10.1. The third kappa shape index (κ3) is 2.95. The lowest BCUT2D eigenvalue weighted by Crippen LogP contribution is -2.42. The highest BCUT2D eigenvalue weighted by Gasteiger charge is 2.30. The van der Waals surface area contributed by atoms with E-state index >= 15 is 0 Å². The lowest BCUT2D eigenvalue weighted by Gasteiger charge is -2.40. The normalized spacial score (nSPS) is 20.0. The van der Waals surface area contributed by atoms with Gasteiger partial charge in [0.05, 0.1) is 18.6 Å². The van der Waals surface area contributed by atoms with E-state index in [1.807, 2.05) is 35.3 Å². The SMILES string of the molecule is CC1C(c2cn[nH]c2)CCCN1c1ccnc(-c2cnc3cnc(Br)cn23)n1. The molecule has 2 atom stereocenters. The lowest BCUT2D eigenvalue weighted by molar-refractivity contribution is 0.420. The summed E-state index contributed by atoms with van der Waals surface area (Å²) < 4.78 is 2.69. The zero-order valence-electron chi connectivity index (χ0n) is 15.3. The Morgan fingerprint density at radius 3 is 2.96 bits per heavy atom. The molecular formula is C19H19BrN8. The standard InChI is InChI=1S/C19H19BrN8/c1-12-14(13-7-24-25-8-13)3-2-6-27(12)17-4-5-21-19(26-17)15-9-23-18-10-22-16(20)11-28(15)18/h4-5,7-12,14H,2-3,6H2,1H3,(H,24,25). The van der Waals surface area contributed by atoms with Crippen LogP contribution in [0.1, 0.15) is 31.2 Å². The number of nitrogens with zero attached hydrogens (tertiary/aromatic N) is 7. The quantitative estimate of drug-likeness (QED) is 0.526. The van der Waals surface area contributed by atoms with Crippen molar-refractivity contribution in [2.75, 3.05) is 11.4 Å². The number of hydrogen-bond donors (Lipinski definition) is 1. The van der Waals surface area contributed by atoms with Crippen molar-refractivity contribution in [2.24, 2.45) is 0 Å². The first kappa shape index (κ1) is 17.3. The average molecular weight is 439 g/mol. The second kappa shape index (κ2) is 6.97. The Bertz CT molecular complexity index is 1110. The summed E-state index contributed by atoms with van der Waals surface area (Å²) in [5, 5.41) is 7.06. The van der Waals surface area contributed by atoms with Gasteiger partial charge in [0.2, 0.25) is 0 Å². The van der Waals surface area contributed by atoms with Gasteiger partial charge in [-0.3, -0.25) is 9.50 Å².